The largest absolute Gasteiger partial charge is 0.335 e. The summed E-state index contributed by atoms with van der Waals surface area (Å²) >= 11 is 0. The maximum absolute atomic E-state index is 12.9. The highest BCUT2D eigenvalue weighted by molar-refractivity contribution is 7.89. The fourth-order valence-electron chi connectivity index (χ4n) is 3.47. The number of carbonyl (C=O) groups is 1. The molecule has 1 unspecified atom stereocenters. The topological polar surface area (TPSA) is 90.3 Å². The Labute approximate surface area is 165 Å². The van der Waals surface area contributed by atoms with Crippen LogP contribution >= 0.6 is 0 Å². The molecule has 146 valence electrons. The average molecular weight is 398 g/mol. The summed E-state index contributed by atoms with van der Waals surface area (Å²) in [4.78, 5) is 14.9. The molecule has 2 aromatic rings. The third-order valence-corrected chi connectivity index (χ3v) is 6.37. The van der Waals surface area contributed by atoms with Crippen LogP contribution in [0.3, 0.4) is 0 Å². The van der Waals surface area contributed by atoms with Gasteiger partial charge in [0.2, 0.25) is 10.0 Å². The second-order valence-corrected chi connectivity index (χ2v) is 8.58. The van der Waals surface area contributed by atoms with Gasteiger partial charge in [-0.2, -0.15) is 5.26 Å². The number of nitrogens with zero attached hydrogens (tertiary/aromatic N) is 2. The maximum Gasteiger partial charge on any atom is 0.254 e. The summed E-state index contributed by atoms with van der Waals surface area (Å²) in [6.45, 7) is 0.778. The fraction of sp³-hybridized carbons (Fsp3) is 0.333. The zero-order chi connectivity index (χ0) is 20.0. The Hall–Kier alpha value is -2.69. The molecule has 0 spiro atoms. The van der Waals surface area contributed by atoms with Crippen molar-refractivity contribution in [3.8, 4) is 6.07 Å². The molecule has 1 aliphatic rings. The van der Waals surface area contributed by atoms with Crippen LogP contribution in [0, 0.1) is 11.3 Å². The van der Waals surface area contributed by atoms with Gasteiger partial charge in [-0.1, -0.05) is 30.3 Å². The number of carbonyl (C=O) groups excluding carboxylic acids is 1. The number of amides is 1. The Kier molecular flexibility index (Phi) is 6.45. The second kappa shape index (κ2) is 9.00. The molecule has 1 N–H and O–H groups in total. The molecule has 2 aromatic carbocycles. The van der Waals surface area contributed by atoms with Gasteiger partial charge in [0.25, 0.3) is 5.91 Å². The van der Waals surface area contributed by atoms with Crippen LogP contribution in [0.2, 0.25) is 0 Å². The quantitative estimate of drug-likeness (QED) is 0.728. The number of hydrogen-bond donors (Lipinski definition) is 1. The van der Waals surface area contributed by atoms with E-state index in [1.807, 2.05) is 29.2 Å². The molecule has 0 radical (unpaired) electrons. The van der Waals surface area contributed by atoms with Crippen LogP contribution in [0.4, 0.5) is 0 Å². The lowest BCUT2D eigenvalue weighted by Crippen LogP contribution is -2.36. The highest BCUT2D eigenvalue weighted by Crippen LogP contribution is 2.24. The minimum atomic E-state index is -3.67. The van der Waals surface area contributed by atoms with Crippen molar-refractivity contribution in [1.29, 1.82) is 5.26 Å². The minimum absolute atomic E-state index is 0.0639. The van der Waals surface area contributed by atoms with Crippen molar-refractivity contribution in [2.45, 2.75) is 36.6 Å². The van der Waals surface area contributed by atoms with Crippen LogP contribution in [0.15, 0.2) is 59.5 Å². The fourth-order valence-corrected chi connectivity index (χ4v) is 4.50. The molecular weight excluding hydrogens is 374 g/mol. The molecule has 3 rings (SSSR count). The number of rotatable bonds is 7. The normalized spacial score (nSPS) is 16.7. The van der Waals surface area contributed by atoms with E-state index in [9.17, 15) is 13.2 Å². The van der Waals surface area contributed by atoms with Gasteiger partial charge in [-0.05, 0) is 49.1 Å². The highest BCUT2D eigenvalue weighted by atomic mass is 32.2. The van der Waals surface area contributed by atoms with E-state index < -0.39 is 10.0 Å². The second-order valence-electron chi connectivity index (χ2n) is 6.81. The van der Waals surface area contributed by atoms with Crippen molar-refractivity contribution in [3.63, 3.8) is 0 Å². The average Bonchev–Trinajstić information content (AvgIpc) is 3.16. The van der Waals surface area contributed by atoms with Crippen molar-refractivity contribution in [2.24, 2.45) is 0 Å². The maximum atomic E-state index is 12.9. The molecule has 0 aliphatic carbocycles. The molecular formula is C21H23N3O3S. The summed E-state index contributed by atoms with van der Waals surface area (Å²) < 4.78 is 26.7. The van der Waals surface area contributed by atoms with Gasteiger partial charge in [0, 0.05) is 31.1 Å². The van der Waals surface area contributed by atoms with Crippen LogP contribution in [0.1, 0.15) is 35.2 Å². The molecule has 0 bridgehead atoms. The summed E-state index contributed by atoms with van der Waals surface area (Å²) in [5.74, 6) is -0.0696. The zero-order valence-corrected chi connectivity index (χ0v) is 16.4. The van der Waals surface area contributed by atoms with Crippen molar-refractivity contribution in [1.82, 2.24) is 9.62 Å². The summed E-state index contributed by atoms with van der Waals surface area (Å²) in [7, 11) is -3.67. The summed E-state index contributed by atoms with van der Waals surface area (Å²) in [5.41, 5.74) is 1.69. The minimum Gasteiger partial charge on any atom is -0.335 e. The SMILES string of the molecule is N#CCCNS(=O)(=O)c1ccc(C(=O)N2CCCC2Cc2ccccc2)cc1. The predicted molar refractivity (Wildman–Crippen MR) is 106 cm³/mol. The van der Waals surface area contributed by atoms with Gasteiger partial charge in [0.15, 0.2) is 0 Å². The van der Waals surface area contributed by atoms with Crippen LogP contribution < -0.4 is 4.72 Å². The monoisotopic (exact) mass is 397 g/mol. The van der Waals surface area contributed by atoms with Gasteiger partial charge in [-0.15, -0.1) is 0 Å². The van der Waals surface area contributed by atoms with Crippen molar-refractivity contribution < 1.29 is 13.2 Å². The first-order valence-electron chi connectivity index (χ1n) is 9.33. The lowest BCUT2D eigenvalue weighted by Gasteiger charge is -2.25. The Morgan fingerprint density at radius 2 is 1.86 bits per heavy atom. The number of sulfonamides is 1. The molecule has 0 aromatic heterocycles. The molecule has 28 heavy (non-hydrogen) atoms. The first-order valence-corrected chi connectivity index (χ1v) is 10.8. The van der Waals surface area contributed by atoms with Crippen LogP contribution in [0.25, 0.3) is 0 Å². The lowest BCUT2D eigenvalue weighted by molar-refractivity contribution is 0.0736. The first kappa shape index (κ1) is 20.1. The van der Waals surface area contributed by atoms with E-state index in [0.717, 1.165) is 19.3 Å². The standard InChI is InChI=1S/C21H23N3O3S/c22-13-5-14-23-28(26,27)20-11-9-18(10-12-20)21(25)24-15-4-8-19(24)16-17-6-2-1-3-7-17/h1-3,6-7,9-12,19,23H,4-5,8,14-16H2. The Morgan fingerprint density at radius 3 is 2.54 bits per heavy atom. The summed E-state index contributed by atoms with van der Waals surface area (Å²) in [6, 6.07) is 18.1. The van der Waals surface area contributed by atoms with Gasteiger partial charge in [-0.25, -0.2) is 13.1 Å². The Bertz CT molecular complexity index is 951. The molecule has 1 amide bonds. The molecule has 1 atom stereocenters. The smallest absolute Gasteiger partial charge is 0.254 e. The molecule has 6 nitrogen and oxygen atoms in total. The Morgan fingerprint density at radius 1 is 1.14 bits per heavy atom. The third kappa shape index (κ3) is 4.77. The van der Waals surface area contributed by atoms with Crippen molar-refractivity contribution >= 4 is 15.9 Å². The molecule has 1 heterocycles. The van der Waals surface area contributed by atoms with E-state index in [2.05, 4.69) is 16.9 Å². The summed E-state index contributed by atoms with van der Waals surface area (Å²) in [6.07, 6.45) is 2.86. The molecule has 1 aliphatic heterocycles. The summed E-state index contributed by atoms with van der Waals surface area (Å²) in [5, 5.41) is 8.52. The number of likely N-dealkylation sites (tertiary alicyclic amines) is 1. The number of benzene rings is 2. The van der Waals surface area contributed by atoms with E-state index in [0.29, 0.717) is 12.1 Å². The van der Waals surface area contributed by atoms with Gasteiger partial charge in [0.1, 0.15) is 0 Å². The number of hydrogen-bond acceptors (Lipinski definition) is 4. The van der Waals surface area contributed by atoms with Gasteiger partial charge in [0.05, 0.1) is 11.0 Å². The molecule has 1 saturated heterocycles. The van der Waals surface area contributed by atoms with Crippen LogP contribution in [0.5, 0.6) is 0 Å². The lowest BCUT2D eigenvalue weighted by atomic mass is 10.0. The predicted octanol–water partition coefficient (Wildman–Crippen LogP) is 2.73. The number of nitrogens with one attached hydrogen (secondary N) is 1. The van der Waals surface area contributed by atoms with E-state index in [1.54, 1.807) is 12.1 Å². The van der Waals surface area contributed by atoms with E-state index in [4.69, 9.17) is 5.26 Å². The molecule has 7 heteroatoms. The third-order valence-electron chi connectivity index (χ3n) is 4.89. The van der Waals surface area contributed by atoms with Crippen molar-refractivity contribution in [3.05, 3.63) is 65.7 Å². The van der Waals surface area contributed by atoms with Gasteiger partial charge in [-0.3, -0.25) is 4.79 Å². The highest BCUT2D eigenvalue weighted by Gasteiger charge is 2.29. The first-order chi connectivity index (χ1) is 13.5. The van der Waals surface area contributed by atoms with E-state index in [-0.39, 0.29) is 29.8 Å². The van der Waals surface area contributed by atoms with E-state index in [1.165, 1.54) is 17.7 Å². The van der Waals surface area contributed by atoms with Crippen molar-refractivity contribution in [2.75, 3.05) is 13.1 Å². The van der Waals surface area contributed by atoms with E-state index >= 15 is 0 Å². The van der Waals surface area contributed by atoms with Gasteiger partial charge < -0.3 is 4.90 Å². The Balaban J connectivity index is 1.69. The molecule has 0 saturated carbocycles. The number of nitriles is 1. The zero-order valence-electron chi connectivity index (χ0n) is 15.5. The van der Waals surface area contributed by atoms with Gasteiger partial charge >= 0.3 is 0 Å². The van der Waals surface area contributed by atoms with Crippen LogP contribution in [-0.4, -0.2) is 38.4 Å². The van der Waals surface area contributed by atoms with Crippen LogP contribution in [-0.2, 0) is 16.4 Å². The molecule has 1 fully saturated rings.